The maximum Gasteiger partial charge on any atom is 0.338 e. The molecule has 1 atom stereocenters. The van der Waals surface area contributed by atoms with E-state index < -0.39 is 22.5 Å². The first-order valence-corrected chi connectivity index (χ1v) is 14.8. The Kier molecular flexibility index (Phi) is 7.85. The highest BCUT2D eigenvalue weighted by atomic mass is 35.5. The van der Waals surface area contributed by atoms with Gasteiger partial charge in [-0.2, -0.15) is 0 Å². The van der Waals surface area contributed by atoms with Crippen molar-refractivity contribution in [1.29, 1.82) is 0 Å². The number of rotatable bonds is 7. The number of aromatic nitrogens is 1. The Morgan fingerprint density at radius 3 is 2.45 bits per heavy atom. The van der Waals surface area contributed by atoms with E-state index in [1.165, 1.54) is 16.7 Å². The van der Waals surface area contributed by atoms with Crippen LogP contribution in [0.3, 0.4) is 0 Å². The molecule has 0 radical (unpaired) electrons. The summed E-state index contributed by atoms with van der Waals surface area (Å²) in [6.07, 6.45) is 1.59. The number of nitro groups is 1. The van der Waals surface area contributed by atoms with E-state index in [-0.39, 0.29) is 17.9 Å². The van der Waals surface area contributed by atoms with E-state index in [0.717, 1.165) is 11.3 Å². The predicted octanol–water partition coefficient (Wildman–Crippen LogP) is 6.53. The topological polar surface area (TPSA) is 130 Å². The molecule has 0 N–H and O–H groups in total. The zero-order valence-corrected chi connectivity index (χ0v) is 25.4. The molecule has 0 unspecified atom stereocenters. The summed E-state index contributed by atoms with van der Waals surface area (Å²) in [5, 5.41) is 11.7. The molecule has 0 bridgehead atoms. The van der Waals surface area contributed by atoms with Gasteiger partial charge >= 0.3 is 5.97 Å². The zero-order chi connectivity index (χ0) is 31.1. The molecule has 0 aliphatic carbocycles. The molecular formula is C31H21Cl2N3O7S. The first kappa shape index (κ1) is 29.4. The number of hydrogen-bond donors (Lipinski definition) is 0. The Morgan fingerprint density at radius 1 is 1.05 bits per heavy atom. The number of nitro benzene ring substituents is 1. The van der Waals surface area contributed by atoms with Crippen LogP contribution in [0.5, 0.6) is 0 Å². The Balaban J connectivity index is 1.43. The van der Waals surface area contributed by atoms with Crippen LogP contribution in [-0.4, -0.2) is 22.1 Å². The number of halogens is 2. The number of carbonyl (C=O) groups is 1. The van der Waals surface area contributed by atoms with E-state index in [4.69, 9.17) is 36.8 Å². The quantitative estimate of drug-likeness (QED) is 0.111. The first-order valence-electron chi connectivity index (χ1n) is 13.2. The molecule has 5 aromatic rings. The lowest BCUT2D eigenvalue weighted by molar-refractivity contribution is -0.384. The minimum absolute atomic E-state index is 0.0330. The van der Waals surface area contributed by atoms with Crippen molar-refractivity contribution < 1.29 is 23.3 Å². The van der Waals surface area contributed by atoms with E-state index in [9.17, 15) is 19.7 Å². The van der Waals surface area contributed by atoms with E-state index in [2.05, 4.69) is 4.99 Å². The molecule has 0 fully saturated rings. The fraction of sp³-hybridized carbons (Fsp3) is 0.129. The first-order chi connectivity index (χ1) is 21.1. The Bertz CT molecular complexity index is 2160. The fourth-order valence-electron chi connectivity index (χ4n) is 4.83. The average Bonchev–Trinajstić information content (AvgIpc) is 3.74. The second-order valence-corrected chi connectivity index (χ2v) is 11.5. The van der Waals surface area contributed by atoms with Crippen LogP contribution >= 0.6 is 34.5 Å². The van der Waals surface area contributed by atoms with Crippen molar-refractivity contribution in [2.24, 2.45) is 4.99 Å². The van der Waals surface area contributed by atoms with E-state index in [1.807, 2.05) is 0 Å². The van der Waals surface area contributed by atoms with Crippen molar-refractivity contribution in [3.8, 4) is 22.6 Å². The Hall–Kier alpha value is -4.71. The van der Waals surface area contributed by atoms with Gasteiger partial charge in [-0.1, -0.05) is 34.5 Å². The second kappa shape index (κ2) is 11.8. The number of non-ortho nitro benzene ring substituents is 1. The third kappa shape index (κ3) is 5.41. The lowest BCUT2D eigenvalue weighted by atomic mass is 10.0. The Morgan fingerprint density at radius 2 is 1.75 bits per heavy atom. The molecule has 1 aliphatic heterocycles. The molecule has 4 heterocycles. The standard InChI is InChI=1S/C31H21Cl2N3O7S/c1-3-41-30(38)27-16(2)34-31-35(28(27)25-13-12-24(43-25)18-6-10-21(32)22(33)14-18)29(37)26(44-31)15-20-9-11-23(42-20)17-4-7-19(8-5-17)36(39)40/h4-15,28H,3H2,1-2H3/b26-15-/t28-/m1/s1. The van der Waals surface area contributed by atoms with Crippen LogP contribution in [0.15, 0.2) is 96.6 Å². The molecule has 44 heavy (non-hydrogen) atoms. The molecular weight excluding hydrogens is 629 g/mol. The number of hydrogen-bond acceptors (Lipinski definition) is 9. The van der Waals surface area contributed by atoms with Gasteiger partial charge in [0.15, 0.2) is 4.80 Å². The highest BCUT2D eigenvalue weighted by Gasteiger charge is 2.35. The summed E-state index contributed by atoms with van der Waals surface area (Å²) in [4.78, 5) is 42.5. The number of allylic oxidation sites excluding steroid dienone is 1. The highest BCUT2D eigenvalue weighted by Crippen LogP contribution is 2.35. The lowest BCUT2D eigenvalue weighted by Gasteiger charge is -2.22. The monoisotopic (exact) mass is 649 g/mol. The summed E-state index contributed by atoms with van der Waals surface area (Å²) < 4.78 is 19.2. The van der Waals surface area contributed by atoms with Crippen molar-refractivity contribution >= 4 is 52.3 Å². The van der Waals surface area contributed by atoms with E-state index >= 15 is 0 Å². The Labute approximate surface area is 262 Å². The summed E-state index contributed by atoms with van der Waals surface area (Å²) in [7, 11) is 0. The molecule has 222 valence electrons. The van der Waals surface area contributed by atoms with Crippen molar-refractivity contribution in [3.63, 3.8) is 0 Å². The number of benzene rings is 2. The maximum atomic E-state index is 13.9. The summed E-state index contributed by atoms with van der Waals surface area (Å²) in [5.74, 6) is 1.05. The zero-order valence-electron chi connectivity index (χ0n) is 23.1. The third-order valence-electron chi connectivity index (χ3n) is 6.88. The van der Waals surface area contributed by atoms with Crippen LogP contribution in [0.2, 0.25) is 10.0 Å². The van der Waals surface area contributed by atoms with Crippen LogP contribution in [0, 0.1) is 10.1 Å². The lowest BCUT2D eigenvalue weighted by Crippen LogP contribution is -2.39. The van der Waals surface area contributed by atoms with Gasteiger partial charge in [-0.05, 0) is 68.4 Å². The summed E-state index contributed by atoms with van der Waals surface area (Å²) in [6.45, 7) is 3.51. The van der Waals surface area contributed by atoms with E-state index in [1.54, 1.807) is 74.5 Å². The SMILES string of the molecule is CCOC(=O)C1=C(C)N=c2s/c(=C\c3ccc(-c4ccc([N+](=O)[O-])cc4)o3)c(=O)n2[C@@H]1c1ccc(-c2ccc(Cl)c(Cl)c2)o1. The van der Waals surface area contributed by atoms with Crippen LogP contribution < -0.4 is 14.9 Å². The molecule has 10 nitrogen and oxygen atoms in total. The largest absolute Gasteiger partial charge is 0.463 e. The fourth-order valence-corrected chi connectivity index (χ4v) is 6.15. The summed E-state index contributed by atoms with van der Waals surface area (Å²) in [5.41, 5.74) is 1.44. The van der Waals surface area contributed by atoms with Gasteiger partial charge in [0.25, 0.3) is 11.2 Å². The van der Waals surface area contributed by atoms with Gasteiger partial charge in [0, 0.05) is 29.3 Å². The molecule has 13 heteroatoms. The molecule has 0 spiro atoms. The van der Waals surface area contributed by atoms with Gasteiger partial charge < -0.3 is 13.6 Å². The molecule has 0 saturated carbocycles. The minimum Gasteiger partial charge on any atom is -0.463 e. The predicted molar refractivity (Wildman–Crippen MR) is 165 cm³/mol. The summed E-state index contributed by atoms with van der Waals surface area (Å²) in [6, 6.07) is 16.9. The van der Waals surface area contributed by atoms with Gasteiger partial charge in [0.05, 0.1) is 37.4 Å². The average molecular weight is 650 g/mol. The number of thiazole rings is 1. The third-order valence-corrected chi connectivity index (χ3v) is 8.60. The van der Waals surface area contributed by atoms with Gasteiger partial charge in [-0.25, -0.2) is 9.79 Å². The van der Waals surface area contributed by atoms with E-state index in [0.29, 0.717) is 59.2 Å². The highest BCUT2D eigenvalue weighted by molar-refractivity contribution is 7.07. The molecule has 1 aliphatic rings. The normalized spacial score (nSPS) is 14.8. The number of nitrogens with zero attached hydrogens (tertiary/aromatic N) is 3. The number of carbonyl (C=O) groups excluding carboxylic acids is 1. The van der Waals surface area contributed by atoms with Crippen LogP contribution in [0.4, 0.5) is 5.69 Å². The van der Waals surface area contributed by atoms with Crippen LogP contribution in [0.1, 0.15) is 31.4 Å². The van der Waals surface area contributed by atoms with Gasteiger partial charge in [-0.15, -0.1) is 0 Å². The van der Waals surface area contributed by atoms with Crippen LogP contribution in [0.25, 0.3) is 28.7 Å². The smallest absolute Gasteiger partial charge is 0.338 e. The van der Waals surface area contributed by atoms with Crippen LogP contribution in [-0.2, 0) is 9.53 Å². The minimum atomic E-state index is -0.948. The molecule has 2 aromatic carbocycles. The van der Waals surface area contributed by atoms with Gasteiger partial charge in [0.1, 0.15) is 29.1 Å². The summed E-state index contributed by atoms with van der Waals surface area (Å²) >= 11 is 13.4. The van der Waals surface area contributed by atoms with Crippen molar-refractivity contribution in [1.82, 2.24) is 4.57 Å². The van der Waals surface area contributed by atoms with Crippen molar-refractivity contribution in [3.05, 3.63) is 129 Å². The van der Waals surface area contributed by atoms with Gasteiger partial charge in [-0.3, -0.25) is 19.5 Å². The number of esters is 1. The molecule has 3 aromatic heterocycles. The van der Waals surface area contributed by atoms with Crippen molar-refractivity contribution in [2.75, 3.05) is 6.61 Å². The maximum absolute atomic E-state index is 13.9. The van der Waals surface area contributed by atoms with Crippen molar-refractivity contribution in [2.45, 2.75) is 19.9 Å². The molecule has 0 saturated heterocycles. The second-order valence-electron chi connectivity index (χ2n) is 9.64. The number of ether oxygens (including phenoxy) is 1. The molecule has 0 amide bonds. The molecule has 6 rings (SSSR count). The number of fused-ring (bicyclic) bond motifs is 1. The van der Waals surface area contributed by atoms with Gasteiger partial charge in [0.2, 0.25) is 0 Å². The number of furan rings is 2.